The quantitative estimate of drug-likeness (QED) is 0.163. The molecule has 2 aromatic heterocycles. The number of benzene rings is 4. The van der Waals surface area contributed by atoms with Crippen LogP contribution in [0.4, 0.5) is 0 Å². The van der Waals surface area contributed by atoms with Crippen molar-refractivity contribution in [1.29, 1.82) is 0 Å². The predicted molar refractivity (Wildman–Crippen MR) is 149 cm³/mol. The molecule has 2 heteroatoms. The molecule has 0 spiro atoms. The second-order valence-corrected chi connectivity index (χ2v) is 11.2. The molecule has 2 heterocycles. The van der Waals surface area contributed by atoms with E-state index >= 15 is 0 Å². The Morgan fingerprint density at radius 3 is 2.00 bits per heavy atom. The third-order valence-electron chi connectivity index (χ3n) is 6.86. The first kappa shape index (κ1) is 20.9. The van der Waals surface area contributed by atoms with E-state index in [0.717, 1.165) is 12.8 Å². The van der Waals surface area contributed by atoms with Gasteiger partial charge in [-0.15, -0.1) is 22.7 Å². The lowest BCUT2D eigenvalue weighted by atomic mass is 10.0. The minimum Gasteiger partial charge on any atom is -0.143 e. The van der Waals surface area contributed by atoms with Crippen LogP contribution in [0.2, 0.25) is 0 Å². The highest BCUT2D eigenvalue weighted by Crippen LogP contribution is 2.38. The molecule has 0 atom stereocenters. The molecule has 6 rings (SSSR count). The fourth-order valence-electron chi connectivity index (χ4n) is 4.97. The van der Waals surface area contributed by atoms with E-state index in [0.29, 0.717) is 0 Å². The summed E-state index contributed by atoms with van der Waals surface area (Å²) in [6.45, 7) is 2.27. The van der Waals surface area contributed by atoms with Crippen molar-refractivity contribution in [3.05, 3.63) is 94.2 Å². The standard InChI is InChI=1S/C31H28S2/c1-2-3-4-5-21-6-8-22(9-7-21)10-15-27-18-26-14-13-25-19-28-24(20-29(25)31(26)33-27)12-11-23-16-17-32-30(23)28/h6-9,11-14,16-20H,2-5,10,15H2,1H3. The van der Waals surface area contributed by atoms with Crippen LogP contribution in [0, 0.1) is 0 Å². The van der Waals surface area contributed by atoms with Crippen molar-refractivity contribution in [2.45, 2.75) is 45.4 Å². The molecule has 0 unspecified atom stereocenters. The zero-order chi connectivity index (χ0) is 22.2. The highest BCUT2D eigenvalue weighted by molar-refractivity contribution is 7.20. The summed E-state index contributed by atoms with van der Waals surface area (Å²) in [6, 6.07) is 27.9. The van der Waals surface area contributed by atoms with Gasteiger partial charge in [-0.1, -0.05) is 68.3 Å². The average molecular weight is 465 g/mol. The fraction of sp³-hybridized carbons (Fsp3) is 0.226. The number of fused-ring (bicyclic) bond motifs is 6. The van der Waals surface area contributed by atoms with Crippen LogP contribution < -0.4 is 0 Å². The van der Waals surface area contributed by atoms with E-state index in [4.69, 9.17) is 0 Å². The van der Waals surface area contributed by atoms with E-state index in [9.17, 15) is 0 Å². The van der Waals surface area contributed by atoms with Crippen molar-refractivity contribution in [2.24, 2.45) is 0 Å². The molecule has 0 saturated carbocycles. The lowest BCUT2D eigenvalue weighted by molar-refractivity contribution is 0.717. The minimum absolute atomic E-state index is 1.11. The van der Waals surface area contributed by atoms with Gasteiger partial charge in [-0.05, 0) is 88.0 Å². The van der Waals surface area contributed by atoms with Gasteiger partial charge in [0, 0.05) is 25.0 Å². The van der Waals surface area contributed by atoms with E-state index in [-0.39, 0.29) is 0 Å². The smallest absolute Gasteiger partial charge is 0.0424 e. The zero-order valence-corrected chi connectivity index (χ0v) is 20.7. The first-order valence-electron chi connectivity index (χ1n) is 12.1. The summed E-state index contributed by atoms with van der Waals surface area (Å²) < 4.78 is 2.83. The Morgan fingerprint density at radius 2 is 1.24 bits per heavy atom. The average Bonchev–Trinajstić information content (AvgIpc) is 3.50. The maximum atomic E-state index is 2.41. The van der Waals surface area contributed by atoms with Gasteiger partial charge in [0.15, 0.2) is 0 Å². The maximum absolute atomic E-state index is 2.41. The van der Waals surface area contributed by atoms with Crippen molar-refractivity contribution < 1.29 is 0 Å². The predicted octanol–water partition coefficient (Wildman–Crippen LogP) is 9.94. The van der Waals surface area contributed by atoms with Gasteiger partial charge >= 0.3 is 0 Å². The molecule has 0 bridgehead atoms. The highest BCUT2D eigenvalue weighted by Gasteiger charge is 2.10. The molecule has 33 heavy (non-hydrogen) atoms. The second-order valence-electron chi connectivity index (χ2n) is 9.17. The van der Waals surface area contributed by atoms with E-state index in [1.165, 1.54) is 83.4 Å². The third kappa shape index (κ3) is 4.07. The van der Waals surface area contributed by atoms with Crippen LogP contribution in [0.15, 0.2) is 78.2 Å². The Morgan fingerprint density at radius 1 is 0.576 bits per heavy atom. The molecule has 0 N–H and O–H groups in total. The summed E-state index contributed by atoms with van der Waals surface area (Å²) in [5.74, 6) is 0. The molecule has 0 saturated heterocycles. The van der Waals surface area contributed by atoms with Crippen LogP contribution in [0.5, 0.6) is 0 Å². The van der Waals surface area contributed by atoms with Crippen LogP contribution in [0.25, 0.3) is 41.7 Å². The van der Waals surface area contributed by atoms with Crippen molar-refractivity contribution in [2.75, 3.05) is 0 Å². The number of thiophene rings is 2. The molecule has 4 aromatic carbocycles. The van der Waals surface area contributed by atoms with Crippen LogP contribution in [0.1, 0.15) is 42.2 Å². The molecule has 6 aromatic rings. The van der Waals surface area contributed by atoms with Gasteiger partial charge in [-0.25, -0.2) is 0 Å². The third-order valence-corrected chi connectivity index (χ3v) is 9.06. The van der Waals surface area contributed by atoms with Gasteiger partial charge in [0.1, 0.15) is 0 Å². The van der Waals surface area contributed by atoms with Crippen LogP contribution in [0.3, 0.4) is 0 Å². The molecular formula is C31H28S2. The molecular weight excluding hydrogens is 436 g/mol. The Balaban J connectivity index is 1.27. The highest BCUT2D eigenvalue weighted by atomic mass is 32.1. The van der Waals surface area contributed by atoms with Crippen LogP contribution >= 0.6 is 22.7 Å². The molecule has 0 fully saturated rings. The summed E-state index contributed by atoms with van der Waals surface area (Å²) in [5.41, 5.74) is 2.93. The number of rotatable bonds is 7. The Bertz CT molecular complexity index is 1560. The van der Waals surface area contributed by atoms with E-state index in [1.807, 2.05) is 22.7 Å². The second kappa shape index (κ2) is 8.93. The number of aryl methyl sites for hydroxylation is 3. The van der Waals surface area contributed by atoms with Gasteiger partial charge in [0.25, 0.3) is 0 Å². The largest absolute Gasteiger partial charge is 0.143 e. The SMILES string of the molecule is CCCCCc1ccc(CCc2cc3ccc4cc5c(ccc6ccsc65)cc4c3s2)cc1. The lowest BCUT2D eigenvalue weighted by Crippen LogP contribution is -1.91. The summed E-state index contributed by atoms with van der Waals surface area (Å²) in [4.78, 5) is 1.48. The Labute approximate surface area is 203 Å². The topological polar surface area (TPSA) is 0 Å². The Kier molecular flexibility index (Phi) is 5.65. The van der Waals surface area contributed by atoms with Crippen LogP contribution in [-0.2, 0) is 19.3 Å². The lowest BCUT2D eigenvalue weighted by Gasteiger charge is -2.05. The monoisotopic (exact) mass is 464 g/mol. The van der Waals surface area contributed by atoms with Gasteiger partial charge in [0.05, 0.1) is 0 Å². The molecule has 0 aliphatic rings. The summed E-state index contributed by atoms with van der Waals surface area (Å²) in [7, 11) is 0. The molecule has 0 nitrogen and oxygen atoms in total. The van der Waals surface area contributed by atoms with Gasteiger partial charge in [-0.3, -0.25) is 0 Å². The van der Waals surface area contributed by atoms with Crippen molar-refractivity contribution in [3.8, 4) is 0 Å². The van der Waals surface area contributed by atoms with Crippen molar-refractivity contribution >= 4 is 64.4 Å². The van der Waals surface area contributed by atoms with Crippen molar-refractivity contribution in [1.82, 2.24) is 0 Å². The fourth-order valence-corrected chi connectivity index (χ4v) is 7.08. The molecule has 0 amide bonds. The van der Waals surface area contributed by atoms with Crippen LogP contribution in [-0.4, -0.2) is 0 Å². The zero-order valence-electron chi connectivity index (χ0n) is 19.1. The minimum atomic E-state index is 1.11. The first-order valence-corrected chi connectivity index (χ1v) is 13.8. The number of unbranched alkanes of at least 4 members (excludes halogenated alkanes) is 2. The molecule has 0 radical (unpaired) electrons. The van der Waals surface area contributed by atoms with Gasteiger partial charge < -0.3 is 0 Å². The molecule has 164 valence electrons. The number of hydrogen-bond donors (Lipinski definition) is 0. The Hall–Kier alpha value is -2.68. The van der Waals surface area contributed by atoms with E-state index in [1.54, 1.807) is 0 Å². The summed E-state index contributed by atoms with van der Waals surface area (Å²) in [6.07, 6.45) is 7.36. The van der Waals surface area contributed by atoms with Gasteiger partial charge in [-0.2, -0.15) is 0 Å². The molecule has 0 aliphatic heterocycles. The summed E-state index contributed by atoms with van der Waals surface area (Å²) in [5, 5.41) is 10.4. The number of hydrogen-bond acceptors (Lipinski definition) is 2. The van der Waals surface area contributed by atoms with E-state index in [2.05, 4.69) is 85.1 Å². The molecule has 0 aliphatic carbocycles. The summed E-state index contributed by atoms with van der Waals surface area (Å²) >= 11 is 3.82. The van der Waals surface area contributed by atoms with E-state index < -0.39 is 0 Å². The van der Waals surface area contributed by atoms with Gasteiger partial charge in [0.2, 0.25) is 0 Å². The first-order chi connectivity index (χ1) is 16.3. The van der Waals surface area contributed by atoms with Crippen molar-refractivity contribution in [3.63, 3.8) is 0 Å². The maximum Gasteiger partial charge on any atom is 0.0424 e. The normalized spacial score (nSPS) is 11.9.